The van der Waals surface area contributed by atoms with Crippen LogP contribution in [0.25, 0.3) is 0 Å². The highest BCUT2D eigenvalue weighted by atomic mass is 16.5. The molecule has 2 rings (SSSR count). The monoisotopic (exact) mass is 284 g/mol. The van der Waals surface area contributed by atoms with Crippen LogP contribution in [0.3, 0.4) is 0 Å². The maximum Gasteiger partial charge on any atom is 0.185 e. The van der Waals surface area contributed by atoms with E-state index in [4.69, 9.17) is 10.00 Å². The van der Waals surface area contributed by atoms with Crippen molar-refractivity contribution < 1.29 is 4.74 Å². The molecule has 21 heavy (non-hydrogen) atoms. The molecule has 0 aliphatic rings. The Morgan fingerprint density at radius 2 is 2.10 bits per heavy atom. The number of benzene rings is 1. The zero-order chi connectivity index (χ0) is 15.1. The quantitative estimate of drug-likeness (QED) is 0.733. The fraction of sp³-hybridized carbons (Fsp3) is 0.438. The number of ether oxygens (including phenoxy) is 1. The van der Waals surface area contributed by atoms with Gasteiger partial charge >= 0.3 is 0 Å². The van der Waals surface area contributed by atoms with Crippen molar-refractivity contribution in [1.29, 1.82) is 5.26 Å². The van der Waals surface area contributed by atoms with E-state index < -0.39 is 0 Å². The smallest absolute Gasteiger partial charge is 0.185 e. The van der Waals surface area contributed by atoms with Crippen molar-refractivity contribution in [3.05, 3.63) is 41.2 Å². The molecular formula is C16H20N4O. The summed E-state index contributed by atoms with van der Waals surface area (Å²) in [6.07, 6.45) is 2.67. The molecule has 0 amide bonds. The number of unbranched alkanes of at least 4 members (excludes halogenated alkanes) is 1. The summed E-state index contributed by atoms with van der Waals surface area (Å²) in [7, 11) is 0. The van der Waals surface area contributed by atoms with Crippen molar-refractivity contribution in [2.45, 2.75) is 39.7 Å². The lowest BCUT2D eigenvalue weighted by molar-refractivity contribution is 0.299. The first kappa shape index (κ1) is 15.0. The second kappa shape index (κ2) is 7.44. The van der Waals surface area contributed by atoms with Gasteiger partial charge in [-0.3, -0.25) is 0 Å². The highest BCUT2D eigenvalue weighted by Crippen LogP contribution is 2.16. The average molecular weight is 284 g/mol. The summed E-state index contributed by atoms with van der Waals surface area (Å²) < 4.78 is 7.59. The molecule has 0 saturated heterocycles. The van der Waals surface area contributed by atoms with Gasteiger partial charge in [-0.05, 0) is 37.8 Å². The number of nitrogens with zero attached hydrogens (tertiary/aromatic N) is 4. The largest absolute Gasteiger partial charge is 0.493 e. The van der Waals surface area contributed by atoms with Crippen LogP contribution < -0.4 is 4.74 Å². The normalized spacial score (nSPS) is 10.3. The average Bonchev–Trinajstić information content (AvgIpc) is 2.90. The second-order valence-corrected chi connectivity index (χ2v) is 4.89. The molecule has 1 aromatic heterocycles. The number of aromatic nitrogens is 3. The van der Waals surface area contributed by atoms with Crippen LogP contribution in [0.4, 0.5) is 0 Å². The van der Waals surface area contributed by atoms with Gasteiger partial charge in [-0.25, -0.2) is 4.68 Å². The van der Waals surface area contributed by atoms with Gasteiger partial charge in [-0.2, -0.15) is 5.26 Å². The number of hydrogen-bond donors (Lipinski definition) is 0. The lowest BCUT2D eigenvalue weighted by atomic mass is 10.2. The first-order valence-electron chi connectivity index (χ1n) is 7.27. The van der Waals surface area contributed by atoms with Gasteiger partial charge in [0, 0.05) is 6.54 Å². The summed E-state index contributed by atoms with van der Waals surface area (Å²) in [5.74, 6) is 0.944. The van der Waals surface area contributed by atoms with Crippen LogP contribution in [0.15, 0.2) is 24.3 Å². The molecule has 0 radical (unpaired) electrons. The predicted octanol–water partition coefficient (Wildman–Crippen LogP) is 2.88. The van der Waals surface area contributed by atoms with E-state index in [0.29, 0.717) is 12.3 Å². The van der Waals surface area contributed by atoms with Crippen LogP contribution in [0.1, 0.15) is 36.7 Å². The lowest BCUT2D eigenvalue weighted by Gasteiger charge is -2.09. The fourth-order valence-electron chi connectivity index (χ4n) is 2.21. The first-order valence-corrected chi connectivity index (χ1v) is 7.27. The summed E-state index contributed by atoms with van der Waals surface area (Å²) in [4.78, 5) is 0. The summed E-state index contributed by atoms with van der Waals surface area (Å²) in [6, 6.07) is 10.1. The molecule has 2 aromatic rings. The van der Waals surface area contributed by atoms with Gasteiger partial charge in [-0.1, -0.05) is 30.3 Å². The molecule has 0 atom stereocenters. The Hall–Kier alpha value is -2.35. The summed E-state index contributed by atoms with van der Waals surface area (Å²) >= 11 is 0. The summed E-state index contributed by atoms with van der Waals surface area (Å²) in [5.41, 5.74) is 2.51. The van der Waals surface area contributed by atoms with E-state index in [9.17, 15) is 0 Å². The number of nitriles is 1. The van der Waals surface area contributed by atoms with Gasteiger partial charge in [0.05, 0.1) is 12.3 Å². The van der Waals surface area contributed by atoms with Crippen molar-refractivity contribution >= 4 is 0 Å². The first-order chi connectivity index (χ1) is 10.3. The van der Waals surface area contributed by atoms with Crippen LogP contribution in [0.2, 0.25) is 0 Å². The highest BCUT2D eigenvalue weighted by molar-refractivity contribution is 5.31. The highest BCUT2D eigenvalue weighted by Gasteiger charge is 2.09. The van der Waals surface area contributed by atoms with Gasteiger partial charge in [0.15, 0.2) is 5.69 Å². The molecule has 1 aromatic carbocycles. The van der Waals surface area contributed by atoms with Crippen LogP contribution in [0.5, 0.6) is 5.75 Å². The minimum Gasteiger partial charge on any atom is -0.493 e. The van der Waals surface area contributed by atoms with Gasteiger partial charge < -0.3 is 4.74 Å². The number of para-hydroxylation sites is 1. The van der Waals surface area contributed by atoms with E-state index in [2.05, 4.69) is 16.4 Å². The van der Waals surface area contributed by atoms with Gasteiger partial charge in [0.25, 0.3) is 0 Å². The Balaban J connectivity index is 1.77. The number of rotatable bonds is 7. The Morgan fingerprint density at radius 3 is 2.81 bits per heavy atom. The van der Waals surface area contributed by atoms with E-state index in [1.54, 1.807) is 0 Å². The molecule has 0 N–H and O–H groups in total. The zero-order valence-electron chi connectivity index (χ0n) is 12.5. The van der Waals surface area contributed by atoms with E-state index in [0.717, 1.165) is 42.8 Å². The molecule has 5 nitrogen and oxygen atoms in total. The number of aryl methyl sites for hydroxylation is 2. The molecule has 0 unspecified atom stereocenters. The zero-order valence-corrected chi connectivity index (χ0v) is 12.5. The molecule has 0 saturated carbocycles. The van der Waals surface area contributed by atoms with Crippen molar-refractivity contribution in [2.75, 3.05) is 6.61 Å². The molecule has 1 heterocycles. The van der Waals surface area contributed by atoms with E-state index >= 15 is 0 Å². The number of hydrogen-bond acceptors (Lipinski definition) is 4. The predicted molar refractivity (Wildman–Crippen MR) is 80.0 cm³/mol. The van der Waals surface area contributed by atoms with Crippen molar-refractivity contribution in [1.82, 2.24) is 15.0 Å². The van der Waals surface area contributed by atoms with Crippen LogP contribution in [0, 0.1) is 18.3 Å². The van der Waals surface area contributed by atoms with Gasteiger partial charge in [0.2, 0.25) is 0 Å². The van der Waals surface area contributed by atoms with E-state index in [1.165, 1.54) is 0 Å². The lowest BCUT2D eigenvalue weighted by Crippen LogP contribution is -2.07. The Bertz CT molecular complexity index is 627. The Labute approximate surface area is 125 Å². The SMILES string of the molecule is CCc1c(C#N)nnn1CCCCOc1ccccc1C. The maximum absolute atomic E-state index is 8.94. The van der Waals surface area contributed by atoms with Crippen LogP contribution in [-0.4, -0.2) is 21.6 Å². The third kappa shape index (κ3) is 3.82. The van der Waals surface area contributed by atoms with Crippen LogP contribution in [-0.2, 0) is 13.0 Å². The fourth-order valence-corrected chi connectivity index (χ4v) is 2.21. The third-order valence-corrected chi connectivity index (χ3v) is 3.39. The van der Waals surface area contributed by atoms with Crippen molar-refractivity contribution in [3.8, 4) is 11.8 Å². The third-order valence-electron chi connectivity index (χ3n) is 3.39. The Kier molecular flexibility index (Phi) is 5.33. The van der Waals surface area contributed by atoms with Crippen LogP contribution >= 0.6 is 0 Å². The maximum atomic E-state index is 8.94. The van der Waals surface area contributed by atoms with Gasteiger partial charge in [-0.15, -0.1) is 5.10 Å². The minimum atomic E-state index is 0.439. The van der Waals surface area contributed by atoms with Crippen molar-refractivity contribution in [3.63, 3.8) is 0 Å². The molecule has 0 bridgehead atoms. The molecule has 0 aliphatic heterocycles. The van der Waals surface area contributed by atoms with Gasteiger partial charge in [0.1, 0.15) is 11.8 Å². The molecule has 0 spiro atoms. The van der Waals surface area contributed by atoms with E-state index in [-0.39, 0.29) is 0 Å². The topological polar surface area (TPSA) is 63.7 Å². The Morgan fingerprint density at radius 1 is 1.29 bits per heavy atom. The summed E-state index contributed by atoms with van der Waals surface area (Å²) in [5, 5.41) is 16.9. The molecule has 0 fully saturated rings. The van der Waals surface area contributed by atoms with Crippen molar-refractivity contribution in [2.24, 2.45) is 0 Å². The molecular weight excluding hydrogens is 264 g/mol. The molecule has 5 heteroatoms. The summed E-state index contributed by atoms with van der Waals surface area (Å²) in [6.45, 7) is 5.51. The minimum absolute atomic E-state index is 0.439. The second-order valence-electron chi connectivity index (χ2n) is 4.89. The molecule has 110 valence electrons. The standard InChI is InChI=1S/C16H20N4O/c1-3-15-14(12-17)18-19-20(15)10-6-7-11-21-16-9-5-4-8-13(16)2/h4-5,8-9H,3,6-7,10-11H2,1-2H3. The van der Waals surface area contributed by atoms with E-state index in [1.807, 2.05) is 42.8 Å². The molecule has 0 aliphatic carbocycles.